The number of nitrogens with one attached hydrogen (secondary N) is 1. The van der Waals surface area contributed by atoms with Crippen LogP contribution in [0.4, 0.5) is 5.69 Å². The van der Waals surface area contributed by atoms with E-state index in [1.807, 2.05) is 27.7 Å². The maximum absolute atomic E-state index is 12.6. The van der Waals surface area contributed by atoms with Crippen LogP contribution in [0.3, 0.4) is 0 Å². The molecule has 0 aliphatic rings. The van der Waals surface area contributed by atoms with Gasteiger partial charge >= 0.3 is 0 Å². The Balaban J connectivity index is 1.75. The first-order valence-electron chi connectivity index (χ1n) is 10.2. The van der Waals surface area contributed by atoms with Crippen molar-refractivity contribution in [3.05, 3.63) is 57.5 Å². The highest BCUT2D eigenvalue weighted by Gasteiger charge is 2.18. The summed E-state index contributed by atoms with van der Waals surface area (Å²) in [5.41, 5.74) is 4.25. The summed E-state index contributed by atoms with van der Waals surface area (Å²) in [5.74, 6) is -0.375. The first-order chi connectivity index (χ1) is 15.1. The number of hydrogen-bond donors (Lipinski definition) is 1. The Morgan fingerprint density at radius 3 is 2.69 bits per heavy atom. The maximum atomic E-state index is 12.6. The summed E-state index contributed by atoms with van der Waals surface area (Å²) >= 11 is 6.25. The summed E-state index contributed by atoms with van der Waals surface area (Å²) in [6.45, 7) is 7.60. The van der Waals surface area contributed by atoms with Gasteiger partial charge in [0.05, 0.1) is 16.9 Å². The Morgan fingerprint density at radius 2 is 2.03 bits per heavy atom. The first-order valence-corrected chi connectivity index (χ1v) is 10.6. The van der Waals surface area contributed by atoms with Crippen molar-refractivity contribution in [2.24, 2.45) is 0 Å². The van der Waals surface area contributed by atoms with Crippen LogP contribution in [0.15, 0.2) is 24.4 Å². The molecule has 0 aliphatic heterocycles. The number of hydrogen-bond acceptors (Lipinski definition) is 5. The third-order valence-corrected chi connectivity index (χ3v) is 5.84. The lowest BCUT2D eigenvalue weighted by Crippen LogP contribution is -2.33. The maximum Gasteiger partial charge on any atom is 0.253 e. The number of nitrogens with zero attached hydrogens (tertiary/aromatic N) is 5. The van der Waals surface area contributed by atoms with Gasteiger partial charge in [0.15, 0.2) is 5.65 Å². The number of carbonyl (C=O) groups is 2. The van der Waals surface area contributed by atoms with Crippen LogP contribution in [-0.4, -0.2) is 44.4 Å². The average molecular weight is 453 g/mol. The molecule has 8 nitrogen and oxygen atoms in total. The zero-order valence-electron chi connectivity index (χ0n) is 18.7. The van der Waals surface area contributed by atoms with Crippen LogP contribution < -0.4 is 5.32 Å². The van der Waals surface area contributed by atoms with Gasteiger partial charge in [0.2, 0.25) is 5.91 Å². The number of nitriles is 1. The van der Waals surface area contributed by atoms with Crippen molar-refractivity contribution < 1.29 is 9.59 Å². The molecule has 0 bridgehead atoms. The lowest BCUT2D eigenvalue weighted by atomic mass is 10.1. The number of carbonyl (C=O) groups excluding carboxylic acids is 2. The fourth-order valence-corrected chi connectivity index (χ4v) is 3.56. The summed E-state index contributed by atoms with van der Waals surface area (Å²) in [4.78, 5) is 31.3. The Labute approximate surface area is 191 Å². The highest BCUT2D eigenvalue weighted by molar-refractivity contribution is 6.33. The van der Waals surface area contributed by atoms with Crippen molar-refractivity contribution in [2.45, 2.75) is 46.6 Å². The molecule has 0 saturated carbocycles. The van der Waals surface area contributed by atoms with Crippen molar-refractivity contribution >= 4 is 34.7 Å². The van der Waals surface area contributed by atoms with Gasteiger partial charge in [-0.15, -0.1) is 0 Å². The van der Waals surface area contributed by atoms with Gasteiger partial charge in [0.1, 0.15) is 11.6 Å². The second kappa shape index (κ2) is 9.37. The van der Waals surface area contributed by atoms with E-state index in [2.05, 4.69) is 21.5 Å². The number of anilines is 1. The molecule has 1 N–H and O–H groups in total. The molecule has 9 heteroatoms. The SMILES string of the molecule is Cc1nc2c(C#N)cnn2c(C)c1CCC(=O)Nc1cc(C(=O)N(C)C(C)C)ccc1Cl. The van der Waals surface area contributed by atoms with Gasteiger partial charge in [-0.05, 0) is 57.9 Å². The molecule has 3 rings (SSSR count). The minimum atomic E-state index is -0.231. The molecule has 2 aromatic heterocycles. The Kier molecular flexibility index (Phi) is 6.80. The Morgan fingerprint density at radius 1 is 1.31 bits per heavy atom. The summed E-state index contributed by atoms with van der Waals surface area (Å²) in [7, 11) is 1.73. The Bertz CT molecular complexity index is 1240. The molecule has 0 fully saturated rings. The summed E-state index contributed by atoms with van der Waals surface area (Å²) in [5, 5.41) is 16.6. The van der Waals surface area contributed by atoms with E-state index in [-0.39, 0.29) is 24.3 Å². The van der Waals surface area contributed by atoms with Gasteiger partial charge in [0.25, 0.3) is 5.91 Å². The van der Waals surface area contributed by atoms with Crippen LogP contribution in [0, 0.1) is 25.2 Å². The minimum absolute atomic E-state index is 0.0488. The number of rotatable bonds is 6. The lowest BCUT2D eigenvalue weighted by Gasteiger charge is -2.22. The normalized spacial score (nSPS) is 10.9. The molecule has 0 unspecified atom stereocenters. The van der Waals surface area contributed by atoms with Crippen molar-refractivity contribution in [2.75, 3.05) is 12.4 Å². The van der Waals surface area contributed by atoms with Gasteiger partial charge in [-0.3, -0.25) is 9.59 Å². The molecule has 3 aromatic rings. The molecule has 1 aromatic carbocycles. The van der Waals surface area contributed by atoms with Crippen LogP contribution in [0.2, 0.25) is 5.02 Å². The van der Waals surface area contributed by atoms with Crippen LogP contribution >= 0.6 is 11.6 Å². The standard InChI is InChI=1S/C23H25ClN6O2/c1-13(2)29(5)23(32)16-6-8-19(24)20(10-16)28-21(31)9-7-18-14(3)27-22-17(11-25)12-26-30(22)15(18)4/h6,8,10,12-13H,7,9H2,1-5H3,(H,28,31). The van der Waals surface area contributed by atoms with Crippen molar-refractivity contribution in [3.8, 4) is 6.07 Å². The molecule has 0 spiro atoms. The van der Waals surface area contributed by atoms with E-state index in [0.717, 1.165) is 17.0 Å². The largest absolute Gasteiger partial charge is 0.339 e. The van der Waals surface area contributed by atoms with E-state index >= 15 is 0 Å². The third kappa shape index (κ3) is 4.58. The van der Waals surface area contributed by atoms with Crippen LogP contribution in [0.1, 0.15) is 53.1 Å². The lowest BCUT2D eigenvalue weighted by molar-refractivity contribution is -0.116. The molecular weight excluding hydrogens is 428 g/mol. The number of aryl methyl sites for hydroxylation is 2. The number of benzene rings is 1. The summed E-state index contributed by atoms with van der Waals surface area (Å²) in [6.07, 6.45) is 2.13. The fraction of sp³-hybridized carbons (Fsp3) is 0.348. The quantitative estimate of drug-likeness (QED) is 0.610. The third-order valence-electron chi connectivity index (χ3n) is 5.51. The molecule has 32 heavy (non-hydrogen) atoms. The molecule has 2 amide bonds. The highest BCUT2D eigenvalue weighted by atomic mass is 35.5. The number of amides is 2. The second-order valence-corrected chi connectivity index (χ2v) is 8.33. The second-order valence-electron chi connectivity index (χ2n) is 7.92. The monoisotopic (exact) mass is 452 g/mol. The van der Waals surface area contributed by atoms with Crippen molar-refractivity contribution in [1.29, 1.82) is 5.26 Å². The molecular formula is C23H25ClN6O2. The average Bonchev–Trinajstić information content (AvgIpc) is 3.16. The van der Waals surface area contributed by atoms with Crippen LogP contribution in [-0.2, 0) is 11.2 Å². The minimum Gasteiger partial charge on any atom is -0.339 e. The smallest absolute Gasteiger partial charge is 0.253 e. The van der Waals surface area contributed by atoms with Gasteiger partial charge in [-0.2, -0.15) is 10.4 Å². The molecule has 0 saturated heterocycles. The zero-order chi connectivity index (χ0) is 23.6. The molecule has 2 heterocycles. The van der Waals surface area contributed by atoms with E-state index in [4.69, 9.17) is 11.6 Å². The first kappa shape index (κ1) is 23.2. The van der Waals surface area contributed by atoms with Gasteiger partial charge in [0, 0.05) is 36.5 Å². The van der Waals surface area contributed by atoms with Crippen LogP contribution in [0.5, 0.6) is 0 Å². The molecule has 166 valence electrons. The zero-order valence-corrected chi connectivity index (χ0v) is 19.5. The fourth-order valence-electron chi connectivity index (χ4n) is 3.40. The highest BCUT2D eigenvalue weighted by Crippen LogP contribution is 2.25. The number of fused-ring (bicyclic) bond motifs is 1. The molecule has 0 radical (unpaired) electrons. The van der Waals surface area contributed by atoms with E-state index in [0.29, 0.717) is 33.9 Å². The van der Waals surface area contributed by atoms with Crippen LogP contribution in [0.25, 0.3) is 5.65 Å². The molecule has 0 atom stereocenters. The predicted molar refractivity (Wildman–Crippen MR) is 123 cm³/mol. The number of aromatic nitrogens is 3. The van der Waals surface area contributed by atoms with E-state index in [1.54, 1.807) is 34.7 Å². The van der Waals surface area contributed by atoms with E-state index < -0.39 is 0 Å². The van der Waals surface area contributed by atoms with Crippen molar-refractivity contribution in [3.63, 3.8) is 0 Å². The summed E-state index contributed by atoms with van der Waals surface area (Å²) < 4.78 is 1.62. The topological polar surface area (TPSA) is 103 Å². The van der Waals surface area contributed by atoms with E-state index in [9.17, 15) is 14.9 Å². The summed E-state index contributed by atoms with van der Waals surface area (Å²) in [6, 6.07) is 6.98. The van der Waals surface area contributed by atoms with Gasteiger partial charge in [-0.1, -0.05) is 11.6 Å². The predicted octanol–water partition coefficient (Wildman–Crippen LogP) is 3.92. The van der Waals surface area contributed by atoms with E-state index in [1.165, 1.54) is 6.20 Å². The van der Waals surface area contributed by atoms with Crippen molar-refractivity contribution in [1.82, 2.24) is 19.5 Å². The number of halogens is 1. The Hall–Kier alpha value is -3.44. The van der Waals surface area contributed by atoms with Gasteiger partial charge < -0.3 is 10.2 Å². The van der Waals surface area contributed by atoms with Gasteiger partial charge in [-0.25, -0.2) is 9.50 Å². The molecule has 0 aliphatic carbocycles.